The lowest BCUT2D eigenvalue weighted by atomic mass is 10.2. The molecule has 1 unspecified atom stereocenters. The zero-order valence-corrected chi connectivity index (χ0v) is 5.04. The van der Waals surface area contributed by atoms with E-state index in [0.29, 0.717) is 0 Å². The van der Waals surface area contributed by atoms with Crippen molar-refractivity contribution >= 4 is 0 Å². The Morgan fingerprint density at radius 3 is 2.80 bits per heavy atom. The minimum absolute atomic E-state index is 0.0995. The average Bonchev–Trinajstić information content (AvgIpc) is 2.34. The molecule has 0 aliphatic heterocycles. The molecular weight excluding hydrogens is 135 g/mol. The summed E-state index contributed by atoms with van der Waals surface area (Å²) in [6.45, 7) is 0. The van der Waals surface area contributed by atoms with Crippen LogP contribution in [0.5, 0.6) is 0 Å². The van der Waals surface area contributed by atoms with Crippen molar-refractivity contribution in [1.29, 1.82) is 5.26 Å². The maximum absolute atomic E-state index is 12.5. The van der Waals surface area contributed by atoms with Crippen molar-refractivity contribution in [2.45, 2.75) is 6.04 Å². The highest BCUT2D eigenvalue weighted by Crippen LogP contribution is 2.14. The van der Waals surface area contributed by atoms with E-state index in [1.165, 1.54) is 0 Å². The van der Waals surface area contributed by atoms with E-state index in [9.17, 15) is 4.39 Å². The minimum Gasteiger partial charge on any atom is -0.469 e. The number of nitrogens with zero attached hydrogens (tertiary/aromatic N) is 1. The first-order valence-corrected chi connectivity index (χ1v) is 2.62. The maximum atomic E-state index is 12.5. The second-order valence-corrected chi connectivity index (χ2v) is 1.78. The third kappa shape index (κ3) is 0.993. The normalized spacial score (nSPS) is 12.5. The van der Waals surface area contributed by atoms with Gasteiger partial charge in [0.2, 0.25) is 0 Å². The van der Waals surface area contributed by atoms with E-state index in [2.05, 4.69) is 4.42 Å². The topological polar surface area (TPSA) is 63.0 Å². The fraction of sp³-hybridized carbons (Fsp3) is 0.167. The van der Waals surface area contributed by atoms with Gasteiger partial charge in [-0.3, -0.25) is 0 Å². The highest BCUT2D eigenvalue weighted by atomic mass is 19.1. The Labute approximate surface area is 56.9 Å². The Morgan fingerprint density at radius 1 is 1.70 bits per heavy atom. The lowest BCUT2D eigenvalue weighted by Crippen LogP contribution is -2.07. The number of rotatable bonds is 1. The van der Waals surface area contributed by atoms with E-state index in [1.807, 2.05) is 0 Å². The summed E-state index contributed by atoms with van der Waals surface area (Å²) in [4.78, 5) is 0. The van der Waals surface area contributed by atoms with Gasteiger partial charge in [0.15, 0.2) is 5.82 Å². The third-order valence-corrected chi connectivity index (χ3v) is 1.12. The van der Waals surface area contributed by atoms with Crippen LogP contribution in [0.4, 0.5) is 4.39 Å². The first-order valence-electron chi connectivity index (χ1n) is 2.62. The number of nitrogens with two attached hydrogens (primary N) is 1. The van der Waals surface area contributed by atoms with Crippen LogP contribution in [0.25, 0.3) is 0 Å². The first kappa shape index (κ1) is 6.78. The number of hydrogen-bond acceptors (Lipinski definition) is 3. The second kappa shape index (κ2) is 2.50. The van der Waals surface area contributed by atoms with Crippen LogP contribution in [0.15, 0.2) is 16.9 Å². The molecule has 0 saturated carbocycles. The molecule has 10 heavy (non-hydrogen) atoms. The molecule has 0 bridgehead atoms. The fourth-order valence-electron chi connectivity index (χ4n) is 0.583. The van der Waals surface area contributed by atoms with E-state index in [-0.39, 0.29) is 5.56 Å². The molecule has 0 aliphatic rings. The molecule has 0 saturated heterocycles. The molecule has 1 aromatic heterocycles. The monoisotopic (exact) mass is 140 g/mol. The van der Waals surface area contributed by atoms with Gasteiger partial charge in [0.25, 0.3) is 0 Å². The molecule has 52 valence electrons. The average molecular weight is 140 g/mol. The van der Waals surface area contributed by atoms with Crippen LogP contribution in [0, 0.1) is 17.1 Å². The van der Waals surface area contributed by atoms with Gasteiger partial charge in [-0.2, -0.15) is 5.26 Å². The Bertz CT molecular complexity index is 263. The van der Waals surface area contributed by atoms with Crippen molar-refractivity contribution in [2.24, 2.45) is 5.73 Å². The van der Waals surface area contributed by atoms with Crippen molar-refractivity contribution in [3.05, 3.63) is 23.9 Å². The summed E-state index contributed by atoms with van der Waals surface area (Å²) in [5.41, 5.74) is 5.28. The molecule has 0 aromatic carbocycles. The Kier molecular flexibility index (Phi) is 1.69. The predicted octanol–water partition coefficient (Wildman–Crippen LogP) is 0.942. The Balaban J connectivity index is 2.96. The van der Waals surface area contributed by atoms with Gasteiger partial charge < -0.3 is 10.2 Å². The van der Waals surface area contributed by atoms with Crippen LogP contribution < -0.4 is 5.73 Å². The molecule has 2 N–H and O–H groups in total. The largest absolute Gasteiger partial charge is 0.469 e. The smallest absolute Gasteiger partial charge is 0.167 e. The van der Waals surface area contributed by atoms with Gasteiger partial charge in [0.05, 0.1) is 17.9 Å². The molecule has 0 spiro atoms. The zero-order valence-electron chi connectivity index (χ0n) is 5.04. The summed E-state index contributed by atoms with van der Waals surface area (Å²) in [6, 6.07) is 0.754. The zero-order chi connectivity index (χ0) is 7.56. The van der Waals surface area contributed by atoms with Gasteiger partial charge in [-0.05, 0) is 0 Å². The van der Waals surface area contributed by atoms with Gasteiger partial charge in [-0.25, -0.2) is 4.39 Å². The fourth-order valence-corrected chi connectivity index (χ4v) is 0.583. The molecule has 1 aromatic rings. The van der Waals surface area contributed by atoms with Crippen LogP contribution in [0.2, 0.25) is 0 Å². The molecule has 1 rings (SSSR count). The van der Waals surface area contributed by atoms with Crippen molar-refractivity contribution in [2.75, 3.05) is 0 Å². The Morgan fingerprint density at radius 2 is 2.40 bits per heavy atom. The summed E-state index contributed by atoms with van der Waals surface area (Å²) in [6.07, 6.45) is 2.04. The number of furan rings is 1. The van der Waals surface area contributed by atoms with E-state index >= 15 is 0 Å². The van der Waals surface area contributed by atoms with Gasteiger partial charge in [-0.15, -0.1) is 0 Å². The van der Waals surface area contributed by atoms with E-state index in [0.717, 1.165) is 12.5 Å². The SMILES string of the molecule is N#CC(N)c1cocc1F. The molecule has 0 aliphatic carbocycles. The highest BCUT2D eigenvalue weighted by molar-refractivity contribution is 5.19. The van der Waals surface area contributed by atoms with Gasteiger partial charge in [-0.1, -0.05) is 0 Å². The Hall–Kier alpha value is -1.34. The summed E-state index contributed by atoms with van der Waals surface area (Å²) in [5.74, 6) is -0.575. The van der Waals surface area contributed by atoms with Crippen molar-refractivity contribution < 1.29 is 8.81 Å². The van der Waals surface area contributed by atoms with Gasteiger partial charge in [0.1, 0.15) is 12.3 Å². The van der Waals surface area contributed by atoms with Crippen molar-refractivity contribution in [3.63, 3.8) is 0 Å². The van der Waals surface area contributed by atoms with E-state index in [1.54, 1.807) is 6.07 Å². The molecule has 0 fully saturated rings. The van der Waals surface area contributed by atoms with Crippen molar-refractivity contribution in [1.82, 2.24) is 0 Å². The summed E-state index contributed by atoms with van der Waals surface area (Å²) in [5, 5.41) is 8.25. The number of halogens is 1. The van der Waals surface area contributed by atoms with Crippen LogP contribution in [-0.2, 0) is 0 Å². The molecular formula is C6H5FN2O. The quantitative estimate of drug-likeness (QED) is 0.631. The lowest BCUT2D eigenvalue weighted by molar-refractivity contribution is 0.532. The van der Waals surface area contributed by atoms with E-state index in [4.69, 9.17) is 11.0 Å². The molecule has 1 heterocycles. The first-order chi connectivity index (χ1) is 4.75. The van der Waals surface area contributed by atoms with Crippen LogP contribution in [0.1, 0.15) is 11.6 Å². The van der Waals surface area contributed by atoms with Crippen LogP contribution >= 0.6 is 0 Å². The molecule has 0 amide bonds. The molecule has 0 radical (unpaired) electrons. The van der Waals surface area contributed by atoms with Crippen molar-refractivity contribution in [3.8, 4) is 6.07 Å². The summed E-state index contributed by atoms with van der Waals surface area (Å²) < 4.78 is 16.9. The second-order valence-electron chi connectivity index (χ2n) is 1.78. The molecule has 4 heteroatoms. The molecule has 3 nitrogen and oxygen atoms in total. The van der Waals surface area contributed by atoms with E-state index < -0.39 is 11.9 Å². The highest BCUT2D eigenvalue weighted by Gasteiger charge is 2.11. The number of hydrogen-bond donors (Lipinski definition) is 1. The standard InChI is InChI=1S/C6H5FN2O/c7-5-3-10-2-4(5)6(9)1-8/h2-3,6H,9H2. The minimum atomic E-state index is -0.932. The molecule has 1 atom stereocenters. The summed E-state index contributed by atoms with van der Waals surface area (Å²) in [7, 11) is 0. The van der Waals surface area contributed by atoms with Crippen LogP contribution in [-0.4, -0.2) is 0 Å². The van der Waals surface area contributed by atoms with Crippen LogP contribution in [0.3, 0.4) is 0 Å². The lowest BCUT2D eigenvalue weighted by Gasteiger charge is -1.94. The summed E-state index contributed by atoms with van der Waals surface area (Å²) >= 11 is 0. The van der Waals surface area contributed by atoms with Gasteiger partial charge >= 0.3 is 0 Å². The maximum Gasteiger partial charge on any atom is 0.167 e. The predicted molar refractivity (Wildman–Crippen MR) is 31.2 cm³/mol. The third-order valence-electron chi connectivity index (χ3n) is 1.12. The number of nitriles is 1. The van der Waals surface area contributed by atoms with Gasteiger partial charge in [0, 0.05) is 0 Å².